The highest BCUT2D eigenvalue weighted by Gasteiger charge is 2.17. The molecule has 1 N–H and O–H groups in total. The number of nitrogens with zero attached hydrogens (tertiary/aromatic N) is 1. The van der Waals surface area contributed by atoms with E-state index in [0.717, 1.165) is 42.9 Å². The van der Waals surface area contributed by atoms with E-state index in [9.17, 15) is 4.79 Å². The Morgan fingerprint density at radius 3 is 2.60 bits per heavy atom. The number of para-hydroxylation sites is 1. The van der Waals surface area contributed by atoms with E-state index in [1.165, 1.54) is 0 Å². The molecule has 2 aromatic carbocycles. The number of ether oxygens (including phenoxy) is 2. The van der Waals surface area contributed by atoms with Crippen LogP contribution in [0.5, 0.6) is 5.75 Å². The molecule has 3 rings (SSSR count). The van der Waals surface area contributed by atoms with Crippen LogP contribution in [0.2, 0.25) is 0 Å². The lowest BCUT2D eigenvalue weighted by Crippen LogP contribution is -2.32. The molecule has 0 spiro atoms. The molecule has 0 aromatic heterocycles. The summed E-state index contributed by atoms with van der Waals surface area (Å²) in [6.45, 7) is 3.20. The number of hydrogen-bond acceptors (Lipinski definition) is 3. The Morgan fingerprint density at radius 2 is 1.80 bits per heavy atom. The molecular weight excluding hydrogens is 316 g/mol. The summed E-state index contributed by atoms with van der Waals surface area (Å²) in [7, 11) is 0. The van der Waals surface area contributed by atoms with Crippen LogP contribution in [-0.4, -0.2) is 37.2 Å². The summed E-state index contributed by atoms with van der Waals surface area (Å²) in [6, 6.07) is 17.4. The van der Waals surface area contributed by atoms with Gasteiger partial charge in [0.1, 0.15) is 12.4 Å². The zero-order valence-electron chi connectivity index (χ0n) is 14.3. The lowest BCUT2D eigenvalue weighted by molar-refractivity contribution is 0.0889. The Morgan fingerprint density at radius 1 is 1.00 bits per heavy atom. The molecule has 1 aliphatic rings. The Kier molecular flexibility index (Phi) is 6.29. The average Bonchev–Trinajstić information content (AvgIpc) is 3.17. The molecule has 1 fully saturated rings. The first-order chi connectivity index (χ1) is 12.3. The number of carbonyl (C=O) groups excluding carboxylic acids is 1. The number of hydrogen-bond donors (Lipinski definition) is 1. The summed E-state index contributed by atoms with van der Waals surface area (Å²) in [4.78, 5) is 14.0. The van der Waals surface area contributed by atoms with Gasteiger partial charge in [0.05, 0.1) is 13.2 Å². The third-order valence-corrected chi connectivity index (χ3v) is 4.08. The van der Waals surface area contributed by atoms with Crippen molar-refractivity contribution in [3.63, 3.8) is 0 Å². The van der Waals surface area contributed by atoms with Gasteiger partial charge in [0.2, 0.25) is 0 Å². The van der Waals surface area contributed by atoms with Gasteiger partial charge in [-0.1, -0.05) is 30.3 Å². The lowest BCUT2D eigenvalue weighted by Gasteiger charge is -2.16. The highest BCUT2D eigenvalue weighted by molar-refractivity contribution is 5.89. The van der Waals surface area contributed by atoms with E-state index in [-0.39, 0.29) is 6.03 Å². The number of rotatable bonds is 7. The van der Waals surface area contributed by atoms with E-state index in [4.69, 9.17) is 9.47 Å². The fraction of sp³-hybridized carbons (Fsp3) is 0.350. The van der Waals surface area contributed by atoms with Crippen LogP contribution in [0.15, 0.2) is 54.6 Å². The number of likely N-dealkylation sites (tertiary alicyclic amines) is 1. The number of anilines is 1. The predicted octanol–water partition coefficient (Wildman–Crippen LogP) is 3.91. The third-order valence-electron chi connectivity index (χ3n) is 4.08. The van der Waals surface area contributed by atoms with E-state index < -0.39 is 0 Å². The van der Waals surface area contributed by atoms with E-state index in [2.05, 4.69) is 5.32 Å². The van der Waals surface area contributed by atoms with Crippen molar-refractivity contribution in [1.29, 1.82) is 0 Å². The highest BCUT2D eigenvalue weighted by atomic mass is 16.5. The Hall–Kier alpha value is -2.53. The Bertz CT molecular complexity index is 670. The summed E-state index contributed by atoms with van der Waals surface area (Å²) >= 11 is 0. The summed E-state index contributed by atoms with van der Waals surface area (Å²) in [5.74, 6) is 0.845. The minimum atomic E-state index is -0.0215. The molecule has 0 aliphatic carbocycles. The average molecular weight is 340 g/mol. The van der Waals surface area contributed by atoms with Gasteiger partial charge in [-0.05, 0) is 42.7 Å². The molecule has 0 bridgehead atoms. The molecule has 5 nitrogen and oxygen atoms in total. The highest BCUT2D eigenvalue weighted by Crippen LogP contribution is 2.15. The second-order valence-electron chi connectivity index (χ2n) is 6.04. The van der Waals surface area contributed by atoms with Gasteiger partial charge in [-0.2, -0.15) is 0 Å². The quantitative estimate of drug-likeness (QED) is 0.778. The van der Waals surface area contributed by atoms with Gasteiger partial charge in [-0.3, -0.25) is 0 Å². The second kappa shape index (κ2) is 9.08. The number of urea groups is 1. The molecule has 2 amide bonds. The predicted molar refractivity (Wildman–Crippen MR) is 97.9 cm³/mol. The van der Waals surface area contributed by atoms with Crippen LogP contribution in [0, 0.1) is 0 Å². The van der Waals surface area contributed by atoms with Gasteiger partial charge >= 0.3 is 6.03 Å². The van der Waals surface area contributed by atoms with Crippen molar-refractivity contribution in [2.45, 2.75) is 19.4 Å². The first kappa shape index (κ1) is 17.3. The molecule has 2 aromatic rings. The van der Waals surface area contributed by atoms with E-state index >= 15 is 0 Å². The third kappa shape index (κ3) is 5.50. The van der Waals surface area contributed by atoms with Crippen molar-refractivity contribution in [2.75, 3.05) is 31.6 Å². The Labute approximate surface area is 148 Å². The van der Waals surface area contributed by atoms with Crippen LogP contribution < -0.4 is 10.1 Å². The second-order valence-corrected chi connectivity index (χ2v) is 6.04. The Balaban J connectivity index is 1.40. The van der Waals surface area contributed by atoms with Gasteiger partial charge in [0.25, 0.3) is 0 Å². The van der Waals surface area contributed by atoms with Gasteiger partial charge < -0.3 is 19.7 Å². The number of nitrogens with one attached hydrogen (secondary N) is 1. The molecule has 0 saturated carbocycles. The normalized spacial score (nSPS) is 13.7. The van der Waals surface area contributed by atoms with Crippen LogP contribution in [0.1, 0.15) is 18.4 Å². The standard InChI is InChI=1S/C20H24N2O3/c23-20(22-11-4-5-12-22)21-18-8-6-7-17(15-18)16-24-13-14-25-19-9-2-1-3-10-19/h1-3,6-10,15H,4-5,11-14,16H2,(H,21,23). The largest absolute Gasteiger partial charge is 0.491 e. The summed E-state index contributed by atoms with van der Waals surface area (Å²) < 4.78 is 11.2. The minimum absolute atomic E-state index is 0.0215. The van der Waals surface area contributed by atoms with Gasteiger partial charge in [-0.25, -0.2) is 4.79 Å². The monoisotopic (exact) mass is 340 g/mol. The fourth-order valence-electron chi connectivity index (χ4n) is 2.79. The molecule has 0 radical (unpaired) electrons. The lowest BCUT2D eigenvalue weighted by atomic mass is 10.2. The van der Waals surface area contributed by atoms with Gasteiger partial charge in [0, 0.05) is 18.8 Å². The maximum Gasteiger partial charge on any atom is 0.321 e. The van der Waals surface area contributed by atoms with Crippen LogP contribution in [0.4, 0.5) is 10.5 Å². The fourth-order valence-corrected chi connectivity index (χ4v) is 2.79. The molecule has 1 saturated heterocycles. The van der Waals surface area contributed by atoms with Gasteiger partial charge in [0.15, 0.2) is 0 Å². The number of benzene rings is 2. The maximum atomic E-state index is 12.1. The number of amides is 2. The molecule has 0 atom stereocenters. The smallest absolute Gasteiger partial charge is 0.321 e. The molecule has 5 heteroatoms. The maximum absolute atomic E-state index is 12.1. The van der Waals surface area contributed by atoms with Crippen molar-refractivity contribution in [2.24, 2.45) is 0 Å². The van der Waals surface area contributed by atoms with Crippen LogP contribution in [-0.2, 0) is 11.3 Å². The van der Waals surface area contributed by atoms with E-state index in [1.807, 2.05) is 59.5 Å². The van der Waals surface area contributed by atoms with Crippen molar-refractivity contribution in [3.8, 4) is 5.75 Å². The van der Waals surface area contributed by atoms with E-state index in [1.54, 1.807) is 0 Å². The van der Waals surface area contributed by atoms with Crippen molar-refractivity contribution >= 4 is 11.7 Å². The van der Waals surface area contributed by atoms with Gasteiger partial charge in [-0.15, -0.1) is 0 Å². The summed E-state index contributed by atoms with van der Waals surface area (Å²) in [5, 5.41) is 2.95. The minimum Gasteiger partial charge on any atom is -0.491 e. The van der Waals surface area contributed by atoms with Crippen molar-refractivity contribution < 1.29 is 14.3 Å². The molecule has 132 valence electrons. The van der Waals surface area contributed by atoms with Crippen molar-refractivity contribution in [1.82, 2.24) is 4.90 Å². The topological polar surface area (TPSA) is 50.8 Å². The molecule has 25 heavy (non-hydrogen) atoms. The summed E-state index contributed by atoms with van der Waals surface area (Å²) in [5.41, 5.74) is 1.83. The van der Waals surface area contributed by atoms with Crippen LogP contribution in [0.25, 0.3) is 0 Å². The zero-order chi connectivity index (χ0) is 17.3. The molecule has 1 heterocycles. The molecular formula is C20H24N2O3. The van der Waals surface area contributed by atoms with E-state index in [0.29, 0.717) is 19.8 Å². The van der Waals surface area contributed by atoms with Crippen LogP contribution in [0.3, 0.4) is 0 Å². The number of carbonyl (C=O) groups is 1. The zero-order valence-corrected chi connectivity index (χ0v) is 14.3. The SMILES string of the molecule is O=C(Nc1cccc(COCCOc2ccccc2)c1)N1CCCC1. The summed E-state index contributed by atoms with van der Waals surface area (Å²) in [6.07, 6.45) is 2.18. The molecule has 0 unspecified atom stereocenters. The first-order valence-electron chi connectivity index (χ1n) is 8.72. The van der Waals surface area contributed by atoms with Crippen LogP contribution >= 0.6 is 0 Å². The molecule has 1 aliphatic heterocycles. The van der Waals surface area contributed by atoms with Crippen molar-refractivity contribution in [3.05, 3.63) is 60.2 Å². The first-order valence-corrected chi connectivity index (χ1v) is 8.72.